The van der Waals surface area contributed by atoms with Crippen LogP contribution in [-0.2, 0) is 9.59 Å². The zero-order chi connectivity index (χ0) is 17.1. The topological polar surface area (TPSA) is 40.6 Å². The van der Waals surface area contributed by atoms with Crippen molar-refractivity contribution in [1.82, 2.24) is 0 Å². The van der Waals surface area contributed by atoms with Gasteiger partial charge in [0.1, 0.15) is 5.82 Å². The largest absolute Gasteiger partial charge is 0.312 e. The molecule has 0 unspecified atom stereocenters. The van der Waals surface area contributed by atoms with E-state index < -0.39 is 11.7 Å². The van der Waals surface area contributed by atoms with Gasteiger partial charge in [-0.1, -0.05) is 30.3 Å². The SMILES string of the molecule is CCN(C(=O)[C@H]1CC(=O)N(c2ccccc2F)C1)c1ccccc1. The van der Waals surface area contributed by atoms with Crippen LogP contribution >= 0.6 is 0 Å². The Morgan fingerprint density at radius 1 is 1.17 bits per heavy atom. The molecular formula is C19H19FN2O2. The molecule has 24 heavy (non-hydrogen) atoms. The van der Waals surface area contributed by atoms with E-state index in [1.807, 2.05) is 37.3 Å². The quantitative estimate of drug-likeness (QED) is 0.865. The first-order valence-corrected chi connectivity index (χ1v) is 8.03. The van der Waals surface area contributed by atoms with Crippen LogP contribution in [0.1, 0.15) is 13.3 Å². The molecule has 1 fully saturated rings. The highest BCUT2D eigenvalue weighted by atomic mass is 19.1. The minimum Gasteiger partial charge on any atom is -0.312 e. The molecule has 4 nitrogen and oxygen atoms in total. The van der Waals surface area contributed by atoms with Crippen LogP contribution in [0.25, 0.3) is 0 Å². The van der Waals surface area contributed by atoms with Gasteiger partial charge < -0.3 is 9.80 Å². The van der Waals surface area contributed by atoms with Crippen LogP contribution in [0, 0.1) is 11.7 Å². The summed E-state index contributed by atoms with van der Waals surface area (Å²) < 4.78 is 13.9. The third kappa shape index (κ3) is 3.02. The van der Waals surface area contributed by atoms with Gasteiger partial charge in [-0.05, 0) is 31.2 Å². The molecule has 1 atom stereocenters. The summed E-state index contributed by atoms with van der Waals surface area (Å²) in [5, 5.41) is 0. The molecule has 2 aromatic carbocycles. The van der Waals surface area contributed by atoms with Crippen LogP contribution in [0.2, 0.25) is 0 Å². The number of hydrogen-bond acceptors (Lipinski definition) is 2. The molecule has 0 saturated carbocycles. The maximum Gasteiger partial charge on any atom is 0.232 e. The summed E-state index contributed by atoms with van der Waals surface area (Å²) in [4.78, 5) is 28.2. The highest BCUT2D eigenvalue weighted by Gasteiger charge is 2.38. The van der Waals surface area contributed by atoms with Crippen molar-refractivity contribution in [2.24, 2.45) is 5.92 Å². The Morgan fingerprint density at radius 2 is 1.83 bits per heavy atom. The summed E-state index contributed by atoms with van der Waals surface area (Å²) in [5.74, 6) is -1.23. The minimum atomic E-state index is -0.461. The number of nitrogens with zero attached hydrogens (tertiary/aromatic N) is 2. The van der Waals surface area contributed by atoms with Crippen LogP contribution in [0.3, 0.4) is 0 Å². The van der Waals surface area contributed by atoms with Gasteiger partial charge in [0, 0.05) is 25.2 Å². The fraction of sp³-hybridized carbons (Fsp3) is 0.263. The first-order valence-electron chi connectivity index (χ1n) is 8.03. The third-order valence-electron chi connectivity index (χ3n) is 4.27. The molecule has 2 amide bonds. The summed E-state index contributed by atoms with van der Waals surface area (Å²) in [6, 6.07) is 15.5. The number of carbonyl (C=O) groups excluding carboxylic acids is 2. The summed E-state index contributed by atoms with van der Waals surface area (Å²) in [6.45, 7) is 2.63. The molecule has 124 valence electrons. The molecule has 5 heteroatoms. The zero-order valence-electron chi connectivity index (χ0n) is 13.5. The molecule has 0 spiro atoms. The molecule has 0 N–H and O–H groups in total. The summed E-state index contributed by atoms with van der Waals surface area (Å²) in [7, 11) is 0. The number of carbonyl (C=O) groups is 2. The van der Waals surface area contributed by atoms with Crippen LogP contribution in [0.4, 0.5) is 15.8 Å². The maximum atomic E-state index is 13.9. The van der Waals surface area contributed by atoms with E-state index in [9.17, 15) is 14.0 Å². The second-order valence-electron chi connectivity index (χ2n) is 5.77. The van der Waals surface area contributed by atoms with Crippen molar-refractivity contribution < 1.29 is 14.0 Å². The Hall–Kier alpha value is -2.69. The van der Waals surface area contributed by atoms with Crippen molar-refractivity contribution in [3.05, 3.63) is 60.4 Å². The van der Waals surface area contributed by atoms with E-state index in [0.29, 0.717) is 6.54 Å². The predicted molar refractivity (Wildman–Crippen MR) is 91.3 cm³/mol. The monoisotopic (exact) mass is 326 g/mol. The normalized spacial score (nSPS) is 17.2. The number of anilines is 2. The summed E-state index contributed by atoms with van der Waals surface area (Å²) in [5.41, 5.74) is 1.04. The number of para-hydroxylation sites is 2. The van der Waals surface area contributed by atoms with E-state index in [-0.39, 0.29) is 30.5 Å². The fourth-order valence-electron chi connectivity index (χ4n) is 3.07. The van der Waals surface area contributed by atoms with Crippen LogP contribution in [-0.4, -0.2) is 24.9 Å². The lowest BCUT2D eigenvalue weighted by molar-refractivity contribution is -0.124. The smallest absolute Gasteiger partial charge is 0.232 e. The van der Waals surface area contributed by atoms with E-state index in [1.165, 1.54) is 11.0 Å². The van der Waals surface area contributed by atoms with E-state index >= 15 is 0 Å². The zero-order valence-corrected chi connectivity index (χ0v) is 13.5. The summed E-state index contributed by atoms with van der Waals surface area (Å²) >= 11 is 0. The lowest BCUT2D eigenvalue weighted by Gasteiger charge is -2.24. The number of rotatable bonds is 4. The van der Waals surface area contributed by atoms with Gasteiger partial charge in [-0.3, -0.25) is 9.59 Å². The van der Waals surface area contributed by atoms with Crippen LogP contribution in [0.15, 0.2) is 54.6 Å². The minimum absolute atomic E-state index is 0.101. The van der Waals surface area contributed by atoms with E-state index in [1.54, 1.807) is 23.1 Å². The second kappa shape index (κ2) is 6.83. The lowest BCUT2D eigenvalue weighted by Crippen LogP contribution is -2.37. The van der Waals surface area contributed by atoms with Gasteiger partial charge in [0.2, 0.25) is 11.8 Å². The molecule has 1 aliphatic heterocycles. The molecule has 0 radical (unpaired) electrons. The molecule has 1 aliphatic rings. The molecular weight excluding hydrogens is 307 g/mol. The van der Waals surface area contributed by atoms with Gasteiger partial charge in [0.15, 0.2) is 0 Å². The fourth-order valence-corrected chi connectivity index (χ4v) is 3.07. The number of halogens is 1. The Balaban J connectivity index is 1.80. The highest BCUT2D eigenvalue weighted by molar-refractivity contribution is 6.04. The van der Waals surface area contributed by atoms with Crippen molar-refractivity contribution >= 4 is 23.2 Å². The van der Waals surface area contributed by atoms with Crippen molar-refractivity contribution in [3.63, 3.8) is 0 Å². The molecule has 0 aliphatic carbocycles. The Morgan fingerprint density at radius 3 is 2.50 bits per heavy atom. The molecule has 2 aromatic rings. The van der Waals surface area contributed by atoms with Crippen molar-refractivity contribution in [1.29, 1.82) is 0 Å². The van der Waals surface area contributed by atoms with Gasteiger partial charge in [0.05, 0.1) is 11.6 Å². The number of benzene rings is 2. The van der Waals surface area contributed by atoms with Crippen molar-refractivity contribution in [2.45, 2.75) is 13.3 Å². The first-order chi connectivity index (χ1) is 11.6. The predicted octanol–water partition coefficient (Wildman–Crippen LogP) is 3.23. The molecule has 0 aromatic heterocycles. The molecule has 1 saturated heterocycles. The number of amides is 2. The van der Waals surface area contributed by atoms with Crippen LogP contribution < -0.4 is 9.80 Å². The van der Waals surface area contributed by atoms with Crippen molar-refractivity contribution in [3.8, 4) is 0 Å². The van der Waals surface area contributed by atoms with Crippen molar-refractivity contribution in [2.75, 3.05) is 22.9 Å². The van der Waals surface area contributed by atoms with E-state index in [4.69, 9.17) is 0 Å². The van der Waals surface area contributed by atoms with Gasteiger partial charge >= 0.3 is 0 Å². The van der Waals surface area contributed by atoms with E-state index in [0.717, 1.165) is 5.69 Å². The Bertz CT molecular complexity index is 748. The maximum absolute atomic E-state index is 13.9. The van der Waals surface area contributed by atoms with Gasteiger partial charge in [-0.25, -0.2) is 4.39 Å². The molecule has 3 rings (SSSR count). The van der Waals surface area contributed by atoms with Gasteiger partial charge in [-0.2, -0.15) is 0 Å². The molecule has 0 bridgehead atoms. The average Bonchev–Trinajstić information content (AvgIpc) is 2.98. The lowest BCUT2D eigenvalue weighted by atomic mass is 10.1. The van der Waals surface area contributed by atoms with Gasteiger partial charge in [0.25, 0.3) is 0 Å². The highest BCUT2D eigenvalue weighted by Crippen LogP contribution is 2.29. The third-order valence-corrected chi connectivity index (χ3v) is 4.27. The Kier molecular flexibility index (Phi) is 4.60. The van der Waals surface area contributed by atoms with E-state index in [2.05, 4.69) is 0 Å². The molecule has 1 heterocycles. The standard InChI is InChI=1S/C19H19FN2O2/c1-2-21(15-8-4-3-5-9-15)19(24)14-12-18(23)22(13-14)17-11-7-6-10-16(17)20/h3-11,14H,2,12-13H2,1H3/t14-/m0/s1. The average molecular weight is 326 g/mol. The first kappa shape index (κ1) is 16.2. The van der Waals surface area contributed by atoms with Crippen LogP contribution in [0.5, 0.6) is 0 Å². The Labute approximate surface area is 140 Å². The second-order valence-corrected chi connectivity index (χ2v) is 5.77. The number of hydrogen-bond donors (Lipinski definition) is 0. The summed E-state index contributed by atoms with van der Waals surface area (Å²) in [6.07, 6.45) is 0.108. The van der Waals surface area contributed by atoms with Gasteiger partial charge in [-0.15, -0.1) is 0 Å².